The summed E-state index contributed by atoms with van der Waals surface area (Å²) >= 11 is 6.16. The molecule has 26 heavy (non-hydrogen) atoms. The summed E-state index contributed by atoms with van der Waals surface area (Å²) in [6, 6.07) is 6.09. The molecule has 2 aromatic rings. The Kier molecular flexibility index (Phi) is 4.31. The second-order valence-electron chi connectivity index (χ2n) is 7.47. The van der Waals surface area contributed by atoms with E-state index in [1.54, 1.807) is 11.7 Å². The molecule has 1 aromatic carbocycles. The van der Waals surface area contributed by atoms with Crippen LogP contribution in [-0.2, 0) is 13.5 Å². The number of amides is 1. The predicted molar refractivity (Wildman–Crippen MR) is 97.7 cm³/mol. The van der Waals surface area contributed by atoms with Crippen molar-refractivity contribution in [2.75, 3.05) is 19.9 Å². The second-order valence-corrected chi connectivity index (χ2v) is 7.88. The fourth-order valence-electron chi connectivity index (χ4n) is 3.98. The third-order valence-corrected chi connectivity index (χ3v) is 5.51. The number of carbonyl (C=O) groups excluding carboxylic acids is 1. The first-order chi connectivity index (χ1) is 12.5. The number of likely N-dealkylation sites (tertiary alicyclic amines) is 1. The van der Waals surface area contributed by atoms with Gasteiger partial charge in [0.05, 0.1) is 11.2 Å². The van der Waals surface area contributed by atoms with Crippen LogP contribution in [0.1, 0.15) is 35.8 Å². The standard InChI is InChI=1S/C19H22ClN3O3/c1-19(9-13-4-5-15-16(8-13)26-12-25-15)6-3-7-23(11-19)18(24)17-14(20)10-21-22(17)2/h4-5,8,10H,3,6-7,9,11-12H2,1-2H3/t19-/m0/s1. The van der Waals surface area contributed by atoms with Crippen LogP contribution in [0.4, 0.5) is 0 Å². The summed E-state index contributed by atoms with van der Waals surface area (Å²) < 4.78 is 12.4. The lowest BCUT2D eigenvalue weighted by Gasteiger charge is -2.40. The number of hydrogen-bond donors (Lipinski definition) is 0. The number of fused-ring (bicyclic) bond motifs is 1. The Balaban J connectivity index is 1.51. The van der Waals surface area contributed by atoms with Crippen LogP contribution in [0.15, 0.2) is 24.4 Å². The second kappa shape index (κ2) is 6.50. The molecule has 0 saturated carbocycles. The van der Waals surface area contributed by atoms with E-state index < -0.39 is 0 Å². The minimum absolute atomic E-state index is 0.00662. The van der Waals surface area contributed by atoms with E-state index in [0.29, 0.717) is 17.3 Å². The van der Waals surface area contributed by atoms with E-state index in [-0.39, 0.29) is 18.1 Å². The molecule has 1 aromatic heterocycles. The maximum atomic E-state index is 12.9. The fourth-order valence-corrected chi connectivity index (χ4v) is 4.22. The highest BCUT2D eigenvalue weighted by Crippen LogP contribution is 2.38. The zero-order valence-corrected chi connectivity index (χ0v) is 15.8. The van der Waals surface area contributed by atoms with Crippen LogP contribution in [0, 0.1) is 5.41 Å². The predicted octanol–water partition coefficient (Wildman–Crippen LogP) is 3.29. The number of piperidine rings is 1. The largest absolute Gasteiger partial charge is 0.454 e. The molecule has 2 aliphatic rings. The average Bonchev–Trinajstić information content (AvgIpc) is 3.20. The molecule has 7 heteroatoms. The molecular weight excluding hydrogens is 354 g/mol. The Morgan fingerprint density at radius 3 is 2.92 bits per heavy atom. The summed E-state index contributed by atoms with van der Waals surface area (Å²) in [5.41, 5.74) is 1.66. The summed E-state index contributed by atoms with van der Waals surface area (Å²) in [6.45, 7) is 3.96. The number of ether oxygens (including phenoxy) is 2. The van der Waals surface area contributed by atoms with Gasteiger partial charge in [0.15, 0.2) is 11.5 Å². The molecule has 0 unspecified atom stereocenters. The highest BCUT2D eigenvalue weighted by atomic mass is 35.5. The van der Waals surface area contributed by atoms with Gasteiger partial charge in [-0.25, -0.2) is 0 Å². The van der Waals surface area contributed by atoms with Gasteiger partial charge in [0.25, 0.3) is 5.91 Å². The molecule has 4 rings (SSSR count). The molecule has 1 saturated heterocycles. The lowest BCUT2D eigenvalue weighted by molar-refractivity contribution is 0.0540. The van der Waals surface area contributed by atoms with Crippen LogP contribution in [-0.4, -0.2) is 40.5 Å². The maximum absolute atomic E-state index is 12.9. The summed E-state index contributed by atoms with van der Waals surface area (Å²) in [6.07, 6.45) is 4.45. The van der Waals surface area contributed by atoms with Crippen LogP contribution < -0.4 is 9.47 Å². The molecule has 3 heterocycles. The van der Waals surface area contributed by atoms with Crippen LogP contribution in [0.5, 0.6) is 11.5 Å². The Morgan fingerprint density at radius 1 is 1.35 bits per heavy atom. The van der Waals surface area contributed by atoms with Gasteiger partial charge in [0.2, 0.25) is 6.79 Å². The Morgan fingerprint density at radius 2 is 2.15 bits per heavy atom. The molecular formula is C19H22ClN3O3. The first kappa shape index (κ1) is 17.2. The van der Waals surface area contributed by atoms with E-state index in [9.17, 15) is 4.79 Å². The topological polar surface area (TPSA) is 56.6 Å². The smallest absolute Gasteiger partial charge is 0.273 e. The van der Waals surface area contributed by atoms with Gasteiger partial charge in [-0.3, -0.25) is 9.48 Å². The average molecular weight is 376 g/mol. The summed E-state index contributed by atoms with van der Waals surface area (Å²) in [5.74, 6) is 1.55. The molecule has 1 amide bonds. The van der Waals surface area contributed by atoms with Crippen molar-refractivity contribution >= 4 is 17.5 Å². The molecule has 2 aliphatic heterocycles. The molecule has 0 spiro atoms. The molecule has 0 aliphatic carbocycles. The van der Waals surface area contributed by atoms with E-state index in [1.807, 2.05) is 17.0 Å². The molecule has 1 atom stereocenters. The van der Waals surface area contributed by atoms with Gasteiger partial charge in [-0.15, -0.1) is 0 Å². The lowest BCUT2D eigenvalue weighted by Crippen LogP contribution is -2.46. The number of carbonyl (C=O) groups is 1. The van der Waals surface area contributed by atoms with Crippen molar-refractivity contribution < 1.29 is 14.3 Å². The van der Waals surface area contributed by atoms with Crippen LogP contribution >= 0.6 is 11.6 Å². The van der Waals surface area contributed by atoms with Crippen LogP contribution in [0.25, 0.3) is 0 Å². The summed E-state index contributed by atoms with van der Waals surface area (Å²) in [5, 5.41) is 4.48. The quantitative estimate of drug-likeness (QED) is 0.826. The number of benzene rings is 1. The van der Waals surface area contributed by atoms with Crippen molar-refractivity contribution in [3.05, 3.63) is 40.7 Å². The molecule has 6 nitrogen and oxygen atoms in total. The summed E-state index contributed by atoms with van der Waals surface area (Å²) in [4.78, 5) is 14.8. The Labute approximate surface area is 157 Å². The van der Waals surface area contributed by atoms with Crippen molar-refractivity contribution in [3.8, 4) is 11.5 Å². The minimum atomic E-state index is -0.0494. The first-order valence-corrected chi connectivity index (χ1v) is 9.18. The summed E-state index contributed by atoms with van der Waals surface area (Å²) in [7, 11) is 1.74. The van der Waals surface area contributed by atoms with Crippen LogP contribution in [0.2, 0.25) is 5.02 Å². The number of aryl methyl sites for hydroxylation is 1. The zero-order valence-electron chi connectivity index (χ0n) is 15.0. The zero-order chi connectivity index (χ0) is 18.3. The van der Waals surface area contributed by atoms with E-state index in [0.717, 1.165) is 37.3 Å². The minimum Gasteiger partial charge on any atom is -0.454 e. The molecule has 0 N–H and O–H groups in total. The van der Waals surface area contributed by atoms with Crippen molar-refractivity contribution in [1.82, 2.24) is 14.7 Å². The number of aromatic nitrogens is 2. The SMILES string of the molecule is Cn1ncc(Cl)c1C(=O)N1CCC[C@@](C)(Cc2ccc3c(c2)OCO3)C1. The molecule has 1 fully saturated rings. The number of hydrogen-bond acceptors (Lipinski definition) is 4. The van der Waals surface area contributed by atoms with E-state index in [4.69, 9.17) is 21.1 Å². The van der Waals surface area contributed by atoms with Crippen molar-refractivity contribution in [2.45, 2.75) is 26.2 Å². The van der Waals surface area contributed by atoms with Gasteiger partial charge >= 0.3 is 0 Å². The normalized spacial score (nSPS) is 21.9. The monoisotopic (exact) mass is 375 g/mol. The Hall–Kier alpha value is -2.21. The van der Waals surface area contributed by atoms with E-state index in [2.05, 4.69) is 18.1 Å². The molecule has 0 radical (unpaired) electrons. The highest BCUT2D eigenvalue weighted by Gasteiger charge is 2.35. The third kappa shape index (κ3) is 3.14. The first-order valence-electron chi connectivity index (χ1n) is 8.80. The van der Waals surface area contributed by atoms with Crippen molar-refractivity contribution in [1.29, 1.82) is 0 Å². The maximum Gasteiger partial charge on any atom is 0.273 e. The number of nitrogens with zero attached hydrogens (tertiary/aromatic N) is 3. The molecule has 0 bridgehead atoms. The fraction of sp³-hybridized carbons (Fsp3) is 0.474. The number of rotatable bonds is 3. The van der Waals surface area contributed by atoms with E-state index >= 15 is 0 Å². The van der Waals surface area contributed by atoms with Gasteiger partial charge in [0, 0.05) is 20.1 Å². The van der Waals surface area contributed by atoms with E-state index in [1.165, 1.54) is 11.8 Å². The van der Waals surface area contributed by atoms with Gasteiger partial charge in [0.1, 0.15) is 5.69 Å². The third-order valence-electron chi connectivity index (χ3n) is 5.23. The van der Waals surface area contributed by atoms with Crippen LogP contribution in [0.3, 0.4) is 0 Å². The van der Waals surface area contributed by atoms with Gasteiger partial charge in [-0.05, 0) is 42.4 Å². The van der Waals surface area contributed by atoms with Crippen molar-refractivity contribution in [3.63, 3.8) is 0 Å². The van der Waals surface area contributed by atoms with Gasteiger partial charge in [-0.1, -0.05) is 24.6 Å². The highest BCUT2D eigenvalue weighted by molar-refractivity contribution is 6.33. The van der Waals surface area contributed by atoms with Gasteiger partial charge in [-0.2, -0.15) is 5.10 Å². The lowest BCUT2D eigenvalue weighted by atomic mass is 9.77. The Bertz CT molecular complexity index is 831. The van der Waals surface area contributed by atoms with Gasteiger partial charge < -0.3 is 14.4 Å². The molecule has 138 valence electrons. The number of halogens is 1. The van der Waals surface area contributed by atoms with Crippen molar-refractivity contribution in [2.24, 2.45) is 12.5 Å².